The molecule has 1 aliphatic rings. The fourth-order valence-electron chi connectivity index (χ4n) is 2.07. The molecule has 0 saturated heterocycles. The molecule has 0 aliphatic heterocycles. The first-order chi connectivity index (χ1) is 8.22. The van der Waals surface area contributed by atoms with Gasteiger partial charge in [-0.25, -0.2) is 0 Å². The third-order valence-corrected chi connectivity index (χ3v) is 9.47. The van der Waals surface area contributed by atoms with E-state index in [2.05, 4.69) is 54.8 Å². The molecule has 0 spiro atoms. The lowest BCUT2D eigenvalue weighted by molar-refractivity contribution is 0.181. The number of aromatic nitrogens is 1. The zero-order valence-electron chi connectivity index (χ0n) is 11.9. The summed E-state index contributed by atoms with van der Waals surface area (Å²) in [6.45, 7) is 11.5. The summed E-state index contributed by atoms with van der Waals surface area (Å²) in [4.78, 5) is 4.53. The first-order valence-corrected chi connectivity index (χ1v) is 10.2. The van der Waals surface area contributed by atoms with Crippen molar-refractivity contribution in [3.63, 3.8) is 0 Å². The van der Waals surface area contributed by atoms with E-state index in [9.17, 15) is 0 Å². The molecule has 0 fully saturated rings. The van der Waals surface area contributed by atoms with Gasteiger partial charge in [0.25, 0.3) is 0 Å². The second kappa shape index (κ2) is 4.73. The molecule has 0 amide bonds. The van der Waals surface area contributed by atoms with Crippen LogP contribution in [0.5, 0.6) is 0 Å². The third kappa shape index (κ3) is 2.56. The van der Waals surface area contributed by atoms with E-state index >= 15 is 0 Å². The van der Waals surface area contributed by atoms with Crippen molar-refractivity contribution in [1.29, 1.82) is 0 Å². The van der Waals surface area contributed by atoms with Crippen molar-refractivity contribution < 1.29 is 4.43 Å². The minimum Gasteiger partial charge on any atom is -0.408 e. The van der Waals surface area contributed by atoms with Gasteiger partial charge >= 0.3 is 0 Å². The predicted molar refractivity (Wildman–Crippen MR) is 81.3 cm³/mol. The Morgan fingerprint density at radius 1 is 1.39 bits per heavy atom. The highest BCUT2D eigenvalue weighted by Gasteiger charge is 2.41. The van der Waals surface area contributed by atoms with Crippen molar-refractivity contribution in [2.24, 2.45) is 0 Å². The maximum absolute atomic E-state index is 6.50. The van der Waals surface area contributed by atoms with Crippen LogP contribution < -0.4 is 0 Å². The lowest BCUT2D eigenvalue weighted by Crippen LogP contribution is -2.41. The molecule has 1 aromatic rings. The number of hydrogen-bond donors (Lipinski definition) is 0. The average molecular weight is 328 g/mol. The highest BCUT2D eigenvalue weighted by molar-refractivity contribution is 9.10. The molecule has 0 radical (unpaired) electrons. The van der Waals surface area contributed by atoms with E-state index in [0.29, 0.717) is 0 Å². The first-order valence-electron chi connectivity index (χ1n) is 6.53. The van der Waals surface area contributed by atoms with Gasteiger partial charge in [-0.05, 0) is 42.6 Å². The van der Waals surface area contributed by atoms with Crippen LogP contribution in [-0.2, 0) is 10.8 Å². The van der Waals surface area contributed by atoms with E-state index in [-0.39, 0.29) is 11.1 Å². The van der Waals surface area contributed by atoms with Crippen LogP contribution in [0.2, 0.25) is 18.1 Å². The van der Waals surface area contributed by atoms with E-state index in [4.69, 9.17) is 4.43 Å². The maximum Gasteiger partial charge on any atom is 0.192 e. The summed E-state index contributed by atoms with van der Waals surface area (Å²) in [5, 5.41) is 0.252. The number of rotatable bonds is 2. The zero-order valence-corrected chi connectivity index (χ0v) is 14.5. The molecule has 1 unspecified atom stereocenters. The summed E-state index contributed by atoms with van der Waals surface area (Å²) in [6.07, 6.45) is 4.20. The summed E-state index contributed by atoms with van der Waals surface area (Å²) in [5.74, 6) is 0. The molecule has 0 bridgehead atoms. The van der Waals surface area contributed by atoms with Crippen LogP contribution in [-0.4, -0.2) is 13.3 Å². The Bertz CT molecular complexity index is 454. The Hall–Kier alpha value is -0.193. The normalized spacial score (nSPS) is 20.0. The predicted octanol–water partition coefficient (Wildman–Crippen LogP) is 4.85. The molecule has 1 atom stereocenters. The van der Waals surface area contributed by atoms with Gasteiger partial charge in [0.05, 0.1) is 11.8 Å². The standard InChI is InChI=1S/C14H22BrNOSi/c1-14(2,3)18(4,5)17-12-7-6-10-11(15)8-9-16-13(10)12/h8-9,12H,6-7H2,1-5H3. The van der Waals surface area contributed by atoms with Gasteiger partial charge < -0.3 is 4.43 Å². The first kappa shape index (κ1) is 14.2. The smallest absolute Gasteiger partial charge is 0.192 e. The molecule has 2 nitrogen and oxygen atoms in total. The van der Waals surface area contributed by atoms with Gasteiger partial charge in [0.1, 0.15) is 0 Å². The highest BCUT2D eigenvalue weighted by atomic mass is 79.9. The van der Waals surface area contributed by atoms with E-state index in [1.54, 1.807) is 0 Å². The van der Waals surface area contributed by atoms with E-state index in [0.717, 1.165) is 18.5 Å². The van der Waals surface area contributed by atoms with Gasteiger partial charge in [0, 0.05) is 10.7 Å². The summed E-state index contributed by atoms with van der Waals surface area (Å²) >= 11 is 3.61. The fraction of sp³-hybridized carbons (Fsp3) is 0.643. The van der Waals surface area contributed by atoms with Crippen molar-refractivity contribution in [3.05, 3.63) is 28.0 Å². The quantitative estimate of drug-likeness (QED) is 0.724. The van der Waals surface area contributed by atoms with E-state index < -0.39 is 8.32 Å². The van der Waals surface area contributed by atoms with E-state index in [1.807, 2.05) is 12.3 Å². The Morgan fingerprint density at radius 2 is 2.06 bits per heavy atom. The van der Waals surface area contributed by atoms with Crippen molar-refractivity contribution >= 4 is 24.2 Å². The summed E-state index contributed by atoms with van der Waals surface area (Å²) in [5.41, 5.74) is 2.48. The van der Waals surface area contributed by atoms with Crippen LogP contribution in [0, 0.1) is 0 Å². The minimum absolute atomic E-state index is 0.193. The molecule has 0 aromatic carbocycles. The third-order valence-electron chi connectivity index (χ3n) is 4.24. The molecule has 100 valence electrons. The second-order valence-corrected chi connectivity index (χ2v) is 12.2. The van der Waals surface area contributed by atoms with Crippen molar-refractivity contribution in [2.75, 3.05) is 0 Å². The monoisotopic (exact) mass is 327 g/mol. The average Bonchev–Trinajstić information content (AvgIpc) is 2.61. The van der Waals surface area contributed by atoms with Crippen molar-refractivity contribution in [2.45, 2.75) is 57.8 Å². The van der Waals surface area contributed by atoms with Gasteiger partial charge in [0.2, 0.25) is 0 Å². The SMILES string of the molecule is CC(C)(C)[Si](C)(C)OC1CCc2c(Br)ccnc21. The van der Waals surface area contributed by atoms with E-state index in [1.165, 1.54) is 10.0 Å². The van der Waals surface area contributed by atoms with Gasteiger partial charge in [-0.1, -0.05) is 36.7 Å². The van der Waals surface area contributed by atoms with Gasteiger partial charge in [0.15, 0.2) is 8.32 Å². The van der Waals surface area contributed by atoms with Crippen molar-refractivity contribution in [3.8, 4) is 0 Å². The Kier molecular flexibility index (Phi) is 3.73. The highest BCUT2D eigenvalue weighted by Crippen LogP contribution is 2.43. The number of pyridine rings is 1. The molecule has 18 heavy (non-hydrogen) atoms. The molecule has 4 heteroatoms. The van der Waals surface area contributed by atoms with Gasteiger partial charge in [-0.3, -0.25) is 4.98 Å². The van der Waals surface area contributed by atoms with Gasteiger partial charge in [-0.2, -0.15) is 0 Å². The van der Waals surface area contributed by atoms with Crippen LogP contribution in [0.15, 0.2) is 16.7 Å². The van der Waals surface area contributed by atoms with Crippen LogP contribution in [0.4, 0.5) is 0 Å². The summed E-state index contributed by atoms with van der Waals surface area (Å²) < 4.78 is 7.68. The molecule has 1 aliphatic carbocycles. The van der Waals surface area contributed by atoms with Crippen molar-refractivity contribution in [1.82, 2.24) is 4.98 Å². The van der Waals surface area contributed by atoms with Gasteiger partial charge in [-0.15, -0.1) is 0 Å². The van der Waals surface area contributed by atoms with Crippen LogP contribution >= 0.6 is 15.9 Å². The molecule has 2 rings (SSSR count). The van der Waals surface area contributed by atoms with Crippen LogP contribution in [0.1, 0.15) is 44.6 Å². The summed E-state index contributed by atoms with van der Waals surface area (Å²) in [6, 6.07) is 2.02. The lowest BCUT2D eigenvalue weighted by Gasteiger charge is -2.38. The molecule has 1 heterocycles. The number of fused-ring (bicyclic) bond motifs is 1. The van der Waals surface area contributed by atoms with Crippen LogP contribution in [0.25, 0.3) is 0 Å². The molecule has 1 aromatic heterocycles. The number of hydrogen-bond acceptors (Lipinski definition) is 2. The zero-order chi connectivity index (χ0) is 13.6. The Morgan fingerprint density at radius 3 is 2.67 bits per heavy atom. The Labute approximate surface area is 119 Å². The summed E-state index contributed by atoms with van der Waals surface area (Å²) in [7, 11) is -1.71. The molecular formula is C14H22BrNOSi. The molecule has 0 N–H and O–H groups in total. The number of nitrogens with zero attached hydrogens (tertiary/aromatic N) is 1. The topological polar surface area (TPSA) is 22.1 Å². The fourth-order valence-corrected chi connectivity index (χ4v) is 3.88. The molecular weight excluding hydrogens is 306 g/mol. The lowest BCUT2D eigenvalue weighted by atomic mass is 10.2. The minimum atomic E-state index is -1.71. The Balaban J connectivity index is 2.23. The van der Waals surface area contributed by atoms with Crippen LogP contribution in [0.3, 0.4) is 0 Å². The second-order valence-electron chi connectivity index (χ2n) is 6.56. The maximum atomic E-state index is 6.50. The molecule has 0 saturated carbocycles. The largest absolute Gasteiger partial charge is 0.408 e. The number of halogens is 1.